The van der Waals surface area contributed by atoms with E-state index in [4.69, 9.17) is 0 Å². The summed E-state index contributed by atoms with van der Waals surface area (Å²) in [6.45, 7) is 9.08. The molecule has 0 bridgehead atoms. The summed E-state index contributed by atoms with van der Waals surface area (Å²) in [7, 11) is 0. The fraction of sp³-hybridized carbons (Fsp3) is 0.870. The van der Waals surface area contributed by atoms with Crippen LogP contribution in [-0.4, -0.2) is 16.5 Å². The molecular weight excluding hydrogens is 308 g/mol. The number of carbonyl (C=O) groups excluding carboxylic acids is 1. The summed E-state index contributed by atoms with van der Waals surface area (Å²) in [5.41, 5.74) is 1.74. The van der Waals surface area contributed by atoms with Crippen LogP contribution in [0.4, 0.5) is 0 Å². The maximum absolute atomic E-state index is 11.9. The van der Waals surface area contributed by atoms with E-state index in [9.17, 15) is 9.90 Å². The van der Waals surface area contributed by atoms with E-state index < -0.39 is 5.60 Å². The smallest absolute Gasteiger partial charge is 0.155 e. The molecule has 5 aliphatic rings. The zero-order valence-corrected chi connectivity index (χ0v) is 16.3. The minimum Gasteiger partial charge on any atom is -0.390 e. The van der Waals surface area contributed by atoms with Crippen molar-refractivity contribution in [3.63, 3.8) is 0 Å². The van der Waals surface area contributed by atoms with Gasteiger partial charge < -0.3 is 5.11 Å². The van der Waals surface area contributed by atoms with Crippen molar-refractivity contribution in [3.05, 3.63) is 11.6 Å². The van der Waals surface area contributed by atoms with Crippen molar-refractivity contribution in [1.82, 2.24) is 0 Å². The van der Waals surface area contributed by atoms with Crippen molar-refractivity contribution >= 4 is 5.78 Å². The fourth-order valence-corrected chi connectivity index (χ4v) is 8.95. The highest BCUT2D eigenvalue weighted by molar-refractivity contribution is 5.91. The fourth-order valence-electron chi connectivity index (χ4n) is 8.95. The van der Waals surface area contributed by atoms with E-state index >= 15 is 0 Å². The second-order valence-electron chi connectivity index (χ2n) is 11.0. The predicted molar refractivity (Wildman–Crippen MR) is 98.9 cm³/mol. The molecule has 1 N–H and O–H groups in total. The van der Waals surface area contributed by atoms with Gasteiger partial charge in [-0.3, -0.25) is 4.79 Å². The molecule has 0 aromatic heterocycles. The van der Waals surface area contributed by atoms with E-state index in [2.05, 4.69) is 13.8 Å². The van der Waals surface area contributed by atoms with Gasteiger partial charge in [0.05, 0.1) is 5.60 Å². The second-order valence-corrected chi connectivity index (χ2v) is 11.0. The Labute approximate surface area is 152 Å². The van der Waals surface area contributed by atoms with Gasteiger partial charge in [-0.2, -0.15) is 0 Å². The average molecular weight is 343 g/mol. The molecule has 4 fully saturated rings. The van der Waals surface area contributed by atoms with Crippen molar-refractivity contribution in [3.8, 4) is 0 Å². The lowest BCUT2D eigenvalue weighted by molar-refractivity contribution is -0.125. The highest BCUT2D eigenvalue weighted by Crippen LogP contribution is 2.84. The van der Waals surface area contributed by atoms with Crippen molar-refractivity contribution in [2.45, 2.75) is 78.2 Å². The van der Waals surface area contributed by atoms with Gasteiger partial charge in [0.25, 0.3) is 0 Å². The average Bonchev–Trinajstić information content (AvgIpc) is 3.16. The van der Waals surface area contributed by atoms with Crippen LogP contribution in [0.5, 0.6) is 0 Å². The summed E-state index contributed by atoms with van der Waals surface area (Å²) in [6, 6.07) is 0. The molecule has 0 amide bonds. The van der Waals surface area contributed by atoms with Gasteiger partial charge in [0.1, 0.15) is 0 Å². The third-order valence-electron chi connectivity index (χ3n) is 9.62. The Morgan fingerprint density at radius 2 is 2.04 bits per heavy atom. The Bertz CT molecular complexity index is 655. The van der Waals surface area contributed by atoms with Gasteiger partial charge in [-0.05, 0) is 105 Å². The number of fused-ring (bicyclic) bond motifs is 3. The van der Waals surface area contributed by atoms with Gasteiger partial charge in [-0.15, -0.1) is 0 Å². The van der Waals surface area contributed by atoms with Crippen molar-refractivity contribution in [1.29, 1.82) is 0 Å². The minimum absolute atomic E-state index is 0.317. The van der Waals surface area contributed by atoms with Gasteiger partial charge in [0.2, 0.25) is 0 Å². The number of allylic oxidation sites excluding steroid dienone is 1. The summed E-state index contributed by atoms with van der Waals surface area (Å²) in [4.78, 5) is 11.9. The Kier molecular flexibility index (Phi) is 3.17. The number of hydrogen-bond acceptors (Lipinski definition) is 2. The normalized spacial score (nSPS) is 54.1. The lowest BCUT2D eigenvalue weighted by atomic mass is 9.45. The van der Waals surface area contributed by atoms with Crippen LogP contribution in [0.15, 0.2) is 11.6 Å². The molecule has 5 rings (SSSR count). The molecule has 8 atom stereocenters. The lowest BCUT2D eigenvalue weighted by Gasteiger charge is -2.59. The van der Waals surface area contributed by atoms with Crippen molar-refractivity contribution < 1.29 is 9.90 Å². The van der Waals surface area contributed by atoms with Crippen LogP contribution in [0.1, 0.15) is 72.6 Å². The van der Waals surface area contributed by atoms with Crippen LogP contribution in [0.3, 0.4) is 0 Å². The number of hydrogen-bond donors (Lipinski definition) is 1. The molecular formula is C23H34O2. The summed E-state index contributed by atoms with van der Waals surface area (Å²) in [5, 5.41) is 10.9. The minimum atomic E-state index is -0.553. The van der Waals surface area contributed by atoms with E-state index in [0.717, 1.165) is 37.0 Å². The number of rotatable bonds is 1. The Balaban J connectivity index is 1.54. The van der Waals surface area contributed by atoms with Gasteiger partial charge in [0.15, 0.2) is 5.78 Å². The van der Waals surface area contributed by atoms with E-state index in [1.807, 2.05) is 19.9 Å². The quantitative estimate of drug-likeness (QED) is 0.746. The highest BCUT2D eigenvalue weighted by atomic mass is 16.3. The zero-order valence-electron chi connectivity index (χ0n) is 16.3. The van der Waals surface area contributed by atoms with Gasteiger partial charge in [-0.25, -0.2) is 0 Å². The third-order valence-corrected chi connectivity index (χ3v) is 9.62. The van der Waals surface area contributed by atoms with Gasteiger partial charge in [-0.1, -0.05) is 19.4 Å². The molecule has 0 heterocycles. The van der Waals surface area contributed by atoms with Crippen molar-refractivity contribution in [2.24, 2.45) is 46.3 Å². The molecule has 0 aromatic carbocycles. The first-order valence-corrected chi connectivity index (χ1v) is 10.6. The molecule has 0 radical (unpaired) electrons. The first-order chi connectivity index (χ1) is 11.7. The molecule has 138 valence electrons. The van der Waals surface area contributed by atoms with E-state index in [1.54, 1.807) is 0 Å². The SMILES string of the molecule is C[C@@H]1CC2=CC(=O)CC[C@@H]2[C@H]2CC[C@]3(C)[C@H](C(C)(C)O)C[C@H]4C[C@]43[C@@H]21. The molecule has 25 heavy (non-hydrogen) atoms. The standard InChI is InChI=1S/C23H34O2/c1-13-9-14-10-16(24)5-6-17(14)18-7-8-22(4)19(21(2,3)25)11-15-12-23(15,22)20(13)18/h10,13,15,17-20,25H,5-9,11-12H2,1-4H3/t13-,15+,17+,18-,19+,20-,22-,23-/m1/s1. The second kappa shape index (κ2) is 4.80. The van der Waals surface area contributed by atoms with Gasteiger partial charge in [0, 0.05) is 6.42 Å². The van der Waals surface area contributed by atoms with E-state index in [0.29, 0.717) is 34.4 Å². The van der Waals surface area contributed by atoms with Crippen LogP contribution >= 0.6 is 0 Å². The van der Waals surface area contributed by atoms with E-state index in [1.165, 1.54) is 31.3 Å². The van der Waals surface area contributed by atoms with Crippen molar-refractivity contribution in [2.75, 3.05) is 0 Å². The first kappa shape index (κ1) is 16.5. The molecule has 0 aliphatic heterocycles. The van der Waals surface area contributed by atoms with E-state index in [-0.39, 0.29) is 0 Å². The summed E-state index contributed by atoms with van der Waals surface area (Å²) in [6.07, 6.45) is 10.3. The van der Waals surface area contributed by atoms with Crippen LogP contribution in [0.25, 0.3) is 0 Å². The third kappa shape index (κ3) is 1.93. The van der Waals surface area contributed by atoms with Crippen LogP contribution in [0.2, 0.25) is 0 Å². The Morgan fingerprint density at radius 3 is 2.76 bits per heavy atom. The monoisotopic (exact) mass is 342 g/mol. The summed E-state index contributed by atoms with van der Waals surface area (Å²) in [5.74, 6) is 4.66. The molecule has 5 aliphatic carbocycles. The zero-order chi connectivity index (χ0) is 17.8. The largest absolute Gasteiger partial charge is 0.390 e. The van der Waals surface area contributed by atoms with Gasteiger partial charge >= 0.3 is 0 Å². The summed E-state index contributed by atoms with van der Waals surface area (Å²) < 4.78 is 0. The Morgan fingerprint density at radius 1 is 1.28 bits per heavy atom. The molecule has 2 nitrogen and oxygen atoms in total. The lowest BCUT2D eigenvalue weighted by Crippen LogP contribution is -2.54. The number of carbonyl (C=O) groups is 1. The molecule has 0 unspecified atom stereocenters. The predicted octanol–water partition coefficient (Wildman–Crippen LogP) is 4.76. The van der Waals surface area contributed by atoms with Crippen LogP contribution in [0, 0.1) is 46.3 Å². The topological polar surface area (TPSA) is 37.3 Å². The number of aliphatic hydroxyl groups is 1. The van der Waals surface area contributed by atoms with Crippen LogP contribution in [-0.2, 0) is 4.79 Å². The summed E-state index contributed by atoms with van der Waals surface area (Å²) >= 11 is 0. The molecule has 0 aromatic rings. The number of ketones is 1. The molecule has 1 spiro atoms. The van der Waals surface area contributed by atoms with Crippen LogP contribution < -0.4 is 0 Å². The molecule has 2 heteroatoms. The molecule has 4 saturated carbocycles. The first-order valence-electron chi connectivity index (χ1n) is 10.6. The maximum atomic E-state index is 11.9. The highest BCUT2D eigenvalue weighted by Gasteiger charge is 2.78. The molecule has 0 saturated heterocycles. The Hall–Kier alpha value is -0.630. The maximum Gasteiger partial charge on any atom is 0.155 e.